The molecule has 0 unspecified atom stereocenters. The molecule has 0 saturated carbocycles. The topological polar surface area (TPSA) is 62.6 Å². The lowest BCUT2D eigenvalue weighted by Gasteiger charge is -2.20. The zero-order chi connectivity index (χ0) is 15.9. The highest BCUT2D eigenvalue weighted by Gasteiger charge is 2.20. The second kappa shape index (κ2) is 7.45. The molecule has 5 nitrogen and oxygen atoms in total. The van der Waals surface area contributed by atoms with Gasteiger partial charge in [-0.3, -0.25) is 9.59 Å². The van der Waals surface area contributed by atoms with Crippen LogP contribution < -0.4 is 5.32 Å². The predicted molar refractivity (Wildman–Crippen MR) is 84.7 cm³/mol. The van der Waals surface area contributed by atoms with Gasteiger partial charge < -0.3 is 14.6 Å². The van der Waals surface area contributed by atoms with E-state index in [1.807, 2.05) is 38.1 Å². The number of nitrogens with zero attached hydrogens (tertiary/aromatic N) is 1. The number of furan rings is 1. The third kappa shape index (κ3) is 3.97. The maximum absolute atomic E-state index is 12.3. The van der Waals surface area contributed by atoms with Crippen LogP contribution in [0.2, 0.25) is 0 Å². The molecule has 116 valence electrons. The fraction of sp³-hybridized carbons (Fsp3) is 0.294. The van der Waals surface area contributed by atoms with E-state index < -0.39 is 0 Å². The molecule has 0 aliphatic heterocycles. The van der Waals surface area contributed by atoms with Crippen molar-refractivity contribution in [2.45, 2.75) is 20.3 Å². The molecular weight excluding hydrogens is 280 g/mol. The summed E-state index contributed by atoms with van der Waals surface area (Å²) in [5.41, 5.74) is 1.74. The second-order valence-electron chi connectivity index (χ2n) is 5.07. The smallest absolute Gasteiger partial charge is 0.290 e. The first-order valence-corrected chi connectivity index (χ1v) is 7.30. The van der Waals surface area contributed by atoms with E-state index in [9.17, 15) is 9.59 Å². The average molecular weight is 300 g/mol. The van der Waals surface area contributed by atoms with Crippen molar-refractivity contribution >= 4 is 17.5 Å². The number of aryl methyl sites for hydroxylation is 1. The molecule has 1 aromatic carbocycles. The van der Waals surface area contributed by atoms with Gasteiger partial charge in [0.05, 0.1) is 6.26 Å². The highest BCUT2D eigenvalue weighted by atomic mass is 16.3. The van der Waals surface area contributed by atoms with Crippen LogP contribution in [0.4, 0.5) is 5.69 Å². The lowest BCUT2D eigenvalue weighted by atomic mass is 10.2. The molecule has 1 heterocycles. The number of para-hydroxylation sites is 1. The maximum atomic E-state index is 12.3. The molecule has 1 aromatic heterocycles. The Bertz CT molecular complexity index is 635. The summed E-state index contributed by atoms with van der Waals surface area (Å²) in [5.74, 6) is -0.244. The minimum absolute atomic E-state index is 0.00169. The predicted octanol–water partition coefficient (Wildman–Crippen LogP) is 3.08. The van der Waals surface area contributed by atoms with Crippen molar-refractivity contribution in [2.75, 3.05) is 18.4 Å². The van der Waals surface area contributed by atoms with Gasteiger partial charge in [0.1, 0.15) is 6.54 Å². The number of hydrogen-bond acceptors (Lipinski definition) is 3. The molecule has 0 spiro atoms. The van der Waals surface area contributed by atoms with Crippen LogP contribution in [0.3, 0.4) is 0 Å². The summed E-state index contributed by atoms with van der Waals surface area (Å²) in [7, 11) is 0. The van der Waals surface area contributed by atoms with Gasteiger partial charge in [0, 0.05) is 12.2 Å². The molecule has 0 bridgehead atoms. The van der Waals surface area contributed by atoms with Crippen LogP contribution in [0.1, 0.15) is 29.5 Å². The van der Waals surface area contributed by atoms with Crippen molar-refractivity contribution in [1.29, 1.82) is 0 Å². The largest absolute Gasteiger partial charge is 0.459 e. The summed E-state index contributed by atoms with van der Waals surface area (Å²) in [6.07, 6.45) is 2.22. The lowest BCUT2D eigenvalue weighted by Crippen LogP contribution is -2.38. The van der Waals surface area contributed by atoms with Gasteiger partial charge >= 0.3 is 0 Å². The van der Waals surface area contributed by atoms with Crippen molar-refractivity contribution in [3.05, 3.63) is 54.0 Å². The molecule has 22 heavy (non-hydrogen) atoms. The molecular formula is C17H20N2O3. The van der Waals surface area contributed by atoms with Crippen LogP contribution in [0.5, 0.6) is 0 Å². The zero-order valence-electron chi connectivity index (χ0n) is 12.8. The van der Waals surface area contributed by atoms with Gasteiger partial charge in [-0.1, -0.05) is 25.1 Å². The minimum Gasteiger partial charge on any atom is -0.459 e. The molecule has 1 N–H and O–H groups in total. The Kier molecular flexibility index (Phi) is 5.36. The van der Waals surface area contributed by atoms with Crippen LogP contribution in [0, 0.1) is 6.92 Å². The van der Waals surface area contributed by atoms with E-state index in [2.05, 4.69) is 5.32 Å². The molecule has 0 fully saturated rings. The Morgan fingerprint density at radius 3 is 2.59 bits per heavy atom. The minimum atomic E-state index is -0.271. The Morgan fingerprint density at radius 1 is 1.18 bits per heavy atom. The first kappa shape index (κ1) is 15.8. The van der Waals surface area contributed by atoms with Gasteiger partial charge in [-0.2, -0.15) is 0 Å². The molecule has 0 aliphatic carbocycles. The van der Waals surface area contributed by atoms with E-state index in [0.29, 0.717) is 6.54 Å². The molecule has 0 radical (unpaired) electrons. The molecule has 0 atom stereocenters. The highest BCUT2D eigenvalue weighted by molar-refractivity contribution is 5.98. The Morgan fingerprint density at radius 2 is 1.95 bits per heavy atom. The van der Waals surface area contributed by atoms with Crippen molar-refractivity contribution < 1.29 is 14.0 Å². The first-order chi connectivity index (χ1) is 10.6. The van der Waals surface area contributed by atoms with Crippen molar-refractivity contribution in [1.82, 2.24) is 4.90 Å². The van der Waals surface area contributed by atoms with Crippen molar-refractivity contribution in [2.24, 2.45) is 0 Å². The van der Waals surface area contributed by atoms with Crippen LogP contribution in [-0.2, 0) is 4.79 Å². The SMILES string of the molecule is CCCN(CC(=O)Nc1ccccc1C)C(=O)c1ccco1. The van der Waals surface area contributed by atoms with Crippen LogP contribution in [0.15, 0.2) is 47.1 Å². The summed E-state index contributed by atoms with van der Waals surface area (Å²) in [5, 5.41) is 2.84. The Hall–Kier alpha value is -2.56. The maximum Gasteiger partial charge on any atom is 0.290 e. The van der Waals surface area contributed by atoms with E-state index >= 15 is 0 Å². The summed E-state index contributed by atoms with van der Waals surface area (Å²) >= 11 is 0. The molecule has 2 rings (SSSR count). The van der Waals surface area contributed by atoms with Gasteiger partial charge in [0.15, 0.2) is 5.76 Å². The van der Waals surface area contributed by atoms with Crippen molar-refractivity contribution in [3.8, 4) is 0 Å². The Balaban J connectivity index is 2.03. The third-order valence-corrected chi connectivity index (χ3v) is 3.27. The number of nitrogens with one attached hydrogen (secondary N) is 1. The van der Waals surface area contributed by atoms with Crippen molar-refractivity contribution in [3.63, 3.8) is 0 Å². The lowest BCUT2D eigenvalue weighted by molar-refractivity contribution is -0.116. The monoisotopic (exact) mass is 300 g/mol. The molecule has 5 heteroatoms. The molecule has 2 amide bonds. The number of carbonyl (C=O) groups excluding carboxylic acids is 2. The average Bonchev–Trinajstić information content (AvgIpc) is 3.03. The summed E-state index contributed by atoms with van der Waals surface area (Å²) in [6.45, 7) is 4.39. The zero-order valence-corrected chi connectivity index (χ0v) is 12.8. The number of anilines is 1. The quantitative estimate of drug-likeness (QED) is 0.891. The van der Waals surface area contributed by atoms with Crippen LogP contribution >= 0.6 is 0 Å². The van der Waals surface area contributed by atoms with E-state index in [1.54, 1.807) is 12.1 Å². The van der Waals surface area contributed by atoms with Gasteiger partial charge in [-0.05, 0) is 37.1 Å². The third-order valence-electron chi connectivity index (χ3n) is 3.27. The summed E-state index contributed by atoms with van der Waals surface area (Å²) in [4.78, 5) is 26.0. The van der Waals surface area contributed by atoms with E-state index in [0.717, 1.165) is 17.7 Å². The fourth-order valence-electron chi connectivity index (χ4n) is 2.15. The summed E-state index contributed by atoms with van der Waals surface area (Å²) < 4.78 is 5.12. The summed E-state index contributed by atoms with van der Waals surface area (Å²) in [6, 6.07) is 10.8. The number of rotatable bonds is 6. The standard InChI is InChI=1S/C17H20N2O3/c1-3-10-19(17(21)15-9-6-11-22-15)12-16(20)18-14-8-5-4-7-13(14)2/h4-9,11H,3,10,12H2,1-2H3,(H,18,20). The molecule has 0 aliphatic rings. The number of benzene rings is 1. The number of amides is 2. The first-order valence-electron chi connectivity index (χ1n) is 7.30. The van der Waals surface area contributed by atoms with Gasteiger partial charge in [-0.25, -0.2) is 0 Å². The molecule has 2 aromatic rings. The number of hydrogen-bond donors (Lipinski definition) is 1. The van der Waals surface area contributed by atoms with E-state index in [-0.39, 0.29) is 24.1 Å². The highest BCUT2D eigenvalue weighted by Crippen LogP contribution is 2.13. The van der Waals surface area contributed by atoms with Gasteiger partial charge in [-0.15, -0.1) is 0 Å². The fourth-order valence-corrected chi connectivity index (χ4v) is 2.15. The van der Waals surface area contributed by atoms with Gasteiger partial charge in [0.25, 0.3) is 5.91 Å². The van der Waals surface area contributed by atoms with Crippen LogP contribution in [0.25, 0.3) is 0 Å². The number of carbonyl (C=O) groups is 2. The van der Waals surface area contributed by atoms with E-state index in [1.165, 1.54) is 11.2 Å². The van der Waals surface area contributed by atoms with E-state index in [4.69, 9.17) is 4.42 Å². The van der Waals surface area contributed by atoms with Crippen LogP contribution in [-0.4, -0.2) is 29.8 Å². The Labute approximate surface area is 129 Å². The normalized spacial score (nSPS) is 10.3. The molecule has 0 saturated heterocycles. The second-order valence-corrected chi connectivity index (χ2v) is 5.07. The van der Waals surface area contributed by atoms with Gasteiger partial charge in [0.2, 0.25) is 5.91 Å².